The van der Waals surface area contributed by atoms with Crippen LogP contribution in [0.2, 0.25) is 0 Å². The topological polar surface area (TPSA) is 62.5 Å². The maximum Gasteiger partial charge on any atom is 0.349 e. The number of hydrogen-bond acceptors (Lipinski definition) is 5. The van der Waals surface area contributed by atoms with Crippen molar-refractivity contribution in [2.45, 2.75) is 17.1 Å². The molecular weight excluding hydrogens is 365 g/mol. The average molecular weight is 381 g/mol. The molecule has 0 radical (unpaired) electrons. The summed E-state index contributed by atoms with van der Waals surface area (Å²) in [5, 5.41) is 13.4. The minimum absolute atomic E-state index is 0.0741. The molecular formula is C21H16FNO3S. The fraction of sp³-hybridized carbons (Fsp3) is 0.0952. The van der Waals surface area contributed by atoms with Gasteiger partial charge in [0.15, 0.2) is 0 Å². The molecule has 0 fully saturated rings. The number of benzene rings is 2. The van der Waals surface area contributed by atoms with Crippen molar-refractivity contribution in [1.82, 2.24) is 0 Å². The van der Waals surface area contributed by atoms with Crippen molar-refractivity contribution in [1.29, 1.82) is 0 Å². The predicted octanol–water partition coefficient (Wildman–Crippen LogP) is 5.09. The molecule has 1 atom stereocenters. The maximum atomic E-state index is 13.3. The molecule has 2 aromatic carbocycles. The molecule has 27 heavy (non-hydrogen) atoms. The molecule has 1 aliphatic heterocycles. The van der Waals surface area contributed by atoms with E-state index in [1.807, 2.05) is 30.3 Å². The first-order valence-electron chi connectivity index (χ1n) is 8.35. The third-order valence-corrected chi connectivity index (χ3v) is 5.52. The molecule has 1 aromatic heterocycles. The Labute approximate surface area is 159 Å². The monoisotopic (exact) mass is 381 g/mol. The lowest BCUT2D eigenvalue weighted by atomic mass is 10.1. The number of halogens is 1. The van der Waals surface area contributed by atoms with Crippen LogP contribution in [0.25, 0.3) is 5.70 Å². The van der Waals surface area contributed by atoms with Gasteiger partial charge in [-0.25, -0.2) is 9.18 Å². The maximum absolute atomic E-state index is 13.3. The number of aryl methyl sites for hydroxylation is 1. The summed E-state index contributed by atoms with van der Waals surface area (Å²) >= 11 is 1.57. The van der Waals surface area contributed by atoms with E-state index < -0.39 is 5.63 Å². The van der Waals surface area contributed by atoms with Crippen LogP contribution in [0.3, 0.4) is 0 Å². The van der Waals surface area contributed by atoms with Crippen LogP contribution in [0, 0.1) is 12.7 Å². The summed E-state index contributed by atoms with van der Waals surface area (Å²) < 4.78 is 18.5. The van der Waals surface area contributed by atoms with Gasteiger partial charge in [0.25, 0.3) is 0 Å². The fourth-order valence-electron chi connectivity index (χ4n) is 2.99. The standard InChI is InChI=1S/C21H16FNO3S/c1-12-10-17(24)20(21(25)26-12)16-11-19(13-6-8-14(22)9-7-13)27-18-5-3-2-4-15(18)23-16/h2-11,19,23-24H,1H3/t19-/m1/s1. The van der Waals surface area contributed by atoms with Crippen molar-refractivity contribution in [2.24, 2.45) is 0 Å². The average Bonchev–Trinajstić information content (AvgIpc) is 2.81. The molecule has 6 heteroatoms. The quantitative estimate of drug-likeness (QED) is 0.647. The number of hydrogen-bond donors (Lipinski definition) is 2. The van der Waals surface area contributed by atoms with Gasteiger partial charge < -0.3 is 14.8 Å². The van der Waals surface area contributed by atoms with E-state index in [-0.39, 0.29) is 22.4 Å². The van der Waals surface area contributed by atoms with Gasteiger partial charge in [0.05, 0.1) is 16.6 Å². The van der Waals surface area contributed by atoms with E-state index in [2.05, 4.69) is 5.32 Å². The van der Waals surface area contributed by atoms with Crippen LogP contribution < -0.4 is 10.9 Å². The van der Waals surface area contributed by atoms with Gasteiger partial charge in [-0.1, -0.05) is 24.3 Å². The van der Waals surface area contributed by atoms with E-state index >= 15 is 0 Å². The number of aromatic hydroxyl groups is 1. The molecule has 0 saturated heterocycles. The summed E-state index contributed by atoms with van der Waals surface area (Å²) in [5.74, 6) is -0.123. The molecule has 0 bridgehead atoms. The second kappa shape index (κ2) is 6.96. The molecule has 3 aromatic rings. The lowest BCUT2D eigenvalue weighted by molar-refractivity contribution is 0.431. The summed E-state index contributed by atoms with van der Waals surface area (Å²) in [6, 6.07) is 15.3. The Bertz CT molecular complexity index is 1090. The Kier molecular flexibility index (Phi) is 4.49. The molecule has 1 aliphatic rings. The third kappa shape index (κ3) is 3.48. The number of nitrogens with one attached hydrogen (secondary N) is 1. The van der Waals surface area contributed by atoms with Crippen LogP contribution in [0.15, 0.2) is 74.8 Å². The number of rotatable bonds is 2. The van der Waals surface area contributed by atoms with Gasteiger partial charge in [-0.15, -0.1) is 11.8 Å². The number of anilines is 1. The predicted molar refractivity (Wildman–Crippen MR) is 104 cm³/mol. The van der Waals surface area contributed by atoms with Gasteiger partial charge in [0.1, 0.15) is 22.9 Å². The van der Waals surface area contributed by atoms with Crippen LogP contribution in [0.4, 0.5) is 10.1 Å². The summed E-state index contributed by atoms with van der Waals surface area (Å²) in [7, 11) is 0. The number of thioether (sulfide) groups is 1. The van der Waals surface area contributed by atoms with E-state index in [0.717, 1.165) is 16.1 Å². The highest BCUT2D eigenvalue weighted by molar-refractivity contribution is 7.99. The van der Waals surface area contributed by atoms with Gasteiger partial charge in [-0.05, 0) is 42.8 Å². The first-order valence-corrected chi connectivity index (χ1v) is 9.23. The SMILES string of the molecule is Cc1cc(O)c(C2=C[C@H](c3ccc(F)cc3)Sc3ccccc3N2)c(=O)o1. The Morgan fingerprint density at radius 2 is 1.89 bits per heavy atom. The van der Waals surface area contributed by atoms with Crippen molar-refractivity contribution in [3.8, 4) is 5.75 Å². The highest BCUT2D eigenvalue weighted by Crippen LogP contribution is 2.45. The van der Waals surface area contributed by atoms with Crippen molar-refractivity contribution < 1.29 is 13.9 Å². The molecule has 0 unspecified atom stereocenters. The van der Waals surface area contributed by atoms with Crippen LogP contribution >= 0.6 is 11.8 Å². The highest BCUT2D eigenvalue weighted by Gasteiger charge is 2.23. The smallest absolute Gasteiger partial charge is 0.349 e. The molecule has 0 amide bonds. The molecule has 0 saturated carbocycles. The van der Waals surface area contributed by atoms with Crippen molar-refractivity contribution in [2.75, 3.05) is 5.32 Å². The van der Waals surface area contributed by atoms with E-state index in [0.29, 0.717) is 11.5 Å². The van der Waals surface area contributed by atoms with Crippen LogP contribution in [0.5, 0.6) is 5.75 Å². The first-order chi connectivity index (χ1) is 13.0. The third-order valence-electron chi connectivity index (χ3n) is 4.25. The zero-order chi connectivity index (χ0) is 19.0. The van der Waals surface area contributed by atoms with Crippen LogP contribution in [-0.4, -0.2) is 5.11 Å². The van der Waals surface area contributed by atoms with Crippen LogP contribution in [0.1, 0.15) is 22.1 Å². The minimum atomic E-state index is -0.617. The van der Waals surface area contributed by atoms with Gasteiger partial charge in [0.2, 0.25) is 0 Å². The van der Waals surface area contributed by atoms with Crippen molar-refractivity contribution >= 4 is 23.1 Å². The summed E-state index contributed by atoms with van der Waals surface area (Å²) in [6.07, 6.45) is 1.85. The van der Waals surface area contributed by atoms with E-state index in [9.17, 15) is 14.3 Å². The lowest BCUT2D eigenvalue weighted by Crippen LogP contribution is -2.12. The molecule has 2 N–H and O–H groups in total. The summed E-state index contributed by atoms with van der Waals surface area (Å²) in [4.78, 5) is 13.4. The Hall–Kier alpha value is -2.99. The number of para-hydroxylation sites is 1. The van der Waals surface area contributed by atoms with E-state index in [4.69, 9.17) is 4.42 Å². The summed E-state index contributed by atoms with van der Waals surface area (Å²) in [5.41, 5.74) is 1.61. The normalized spacial score (nSPS) is 16.1. The zero-order valence-corrected chi connectivity index (χ0v) is 15.2. The van der Waals surface area contributed by atoms with Gasteiger partial charge in [-0.2, -0.15) is 0 Å². The molecule has 136 valence electrons. The van der Waals surface area contributed by atoms with Crippen LogP contribution in [-0.2, 0) is 0 Å². The Balaban J connectivity index is 1.88. The zero-order valence-electron chi connectivity index (χ0n) is 14.4. The fourth-order valence-corrected chi connectivity index (χ4v) is 4.16. The second-order valence-electron chi connectivity index (χ2n) is 6.20. The Morgan fingerprint density at radius 3 is 2.63 bits per heavy atom. The van der Waals surface area contributed by atoms with E-state index in [1.165, 1.54) is 18.2 Å². The largest absolute Gasteiger partial charge is 0.507 e. The van der Waals surface area contributed by atoms with Gasteiger partial charge >= 0.3 is 5.63 Å². The molecule has 4 rings (SSSR count). The van der Waals surface area contributed by atoms with Crippen molar-refractivity contribution in [3.05, 3.63) is 93.8 Å². The first kappa shape index (κ1) is 17.4. The van der Waals surface area contributed by atoms with E-state index in [1.54, 1.807) is 30.8 Å². The molecule has 2 heterocycles. The number of fused-ring (bicyclic) bond motifs is 1. The lowest BCUT2D eigenvalue weighted by Gasteiger charge is -2.12. The van der Waals surface area contributed by atoms with Crippen molar-refractivity contribution in [3.63, 3.8) is 0 Å². The Morgan fingerprint density at radius 1 is 1.15 bits per heavy atom. The molecule has 0 spiro atoms. The molecule has 4 nitrogen and oxygen atoms in total. The highest BCUT2D eigenvalue weighted by atomic mass is 32.2. The van der Waals surface area contributed by atoms with Gasteiger partial charge in [-0.3, -0.25) is 0 Å². The summed E-state index contributed by atoms with van der Waals surface area (Å²) in [6.45, 7) is 1.60. The second-order valence-corrected chi connectivity index (χ2v) is 7.38. The molecule has 0 aliphatic carbocycles. The minimum Gasteiger partial charge on any atom is -0.507 e. The van der Waals surface area contributed by atoms with Gasteiger partial charge in [0, 0.05) is 11.0 Å².